The molecule has 0 bridgehead atoms. The molecule has 0 aliphatic carbocycles. The van der Waals surface area contributed by atoms with Crippen LogP contribution in [0.1, 0.15) is 44.5 Å². The van der Waals surface area contributed by atoms with Crippen molar-refractivity contribution in [3.8, 4) is 0 Å². The lowest BCUT2D eigenvalue weighted by atomic mass is 10.1. The number of methoxy groups -OCH3 is 1. The summed E-state index contributed by atoms with van der Waals surface area (Å²) in [5.74, 6) is 0.442. The maximum atomic E-state index is 5.79. The van der Waals surface area contributed by atoms with Gasteiger partial charge in [-0.1, -0.05) is 0 Å². The molecule has 0 saturated carbocycles. The number of hydrogen-bond donors (Lipinski definition) is 2. The maximum absolute atomic E-state index is 5.79. The summed E-state index contributed by atoms with van der Waals surface area (Å²) in [7, 11) is 1.68. The minimum absolute atomic E-state index is 0. The molecule has 110 valence electrons. The molecule has 1 unspecified atom stereocenters. The van der Waals surface area contributed by atoms with Crippen molar-refractivity contribution in [2.75, 3.05) is 7.11 Å². The molecule has 0 aromatic carbocycles. The Kier molecular flexibility index (Phi) is 7.83. The number of hydrogen-bond acceptors (Lipinski definition) is 4. The second-order valence-corrected chi connectivity index (χ2v) is 6.02. The summed E-state index contributed by atoms with van der Waals surface area (Å²) >= 11 is 1.58. The lowest BCUT2D eigenvalue weighted by Gasteiger charge is -2.20. The average molecular weight is 398 g/mol. The number of rotatable bonds is 4. The summed E-state index contributed by atoms with van der Waals surface area (Å²) in [5.41, 5.74) is 6.63. The van der Waals surface area contributed by atoms with Gasteiger partial charge in [-0.05, 0) is 27.7 Å². The zero-order valence-corrected chi connectivity index (χ0v) is 15.2. The van der Waals surface area contributed by atoms with E-state index in [4.69, 9.17) is 10.5 Å². The Labute approximate surface area is 136 Å². The van der Waals surface area contributed by atoms with Crippen molar-refractivity contribution >= 4 is 41.3 Å². The highest BCUT2D eigenvalue weighted by molar-refractivity contribution is 14.0. The number of aromatic nitrogens is 1. The smallest absolute Gasteiger partial charge is 0.189 e. The summed E-state index contributed by atoms with van der Waals surface area (Å²) in [5, 5.41) is 6.06. The largest absolute Gasteiger partial charge is 0.375 e. The Bertz CT molecular complexity index is 414. The Balaban J connectivity index is 0.00000324. The fraction of sp³-hybridized carbons (Fsp3) is 0.667. The molecule has 0 fully saturated rings. The van der Waals surface area contributed by atoms with Crippen LogP contribution in [0.25, 0.3) is 0 Å². The summed E-state index contributed by atoms with van der Waals surface area (Å²) < 4.78 is 5.22. The van der Waals surface area contributed by atoms with Crippen LogP contribution in [0.5, 0.6) is 0 Å². The average Bonchev–Trinajstić information content (AvgIpc) is 2.71. The fourth-order valence-electron chi connectivity index (χ4n) is 1.27. The summed E-state index contributed by atoms with van der Waals surface area (Å²) in [6, 6.07) is 0. The molecule has 0 amide bonds. The van der Waals surface area contributed by atoms with E-state index < -0.39 is 0 Å². The van der Waals surface area contributed by atoms with Crippen LogP contribution < -0.4 is 11.1 Å². The van der Waals surface area contributed by atoms with E-state index in [1.165, 1.54) is 0 Å². The van der Waals surface area contributed by atoms with Crippen molar-refractivity contribution in [3.63, 3.8) is 0 Å². The van der Waals surface area contributed by atoms with E-state index >= 15 is 0 Å². The van der Waals surface area contributed by atoms with Gasteiger partial charge in [0, 0.05) is 18.0 Å². The third-order valence-corrected chi connectivity index (χ3v) is 3.24. The quantitative estimate of drug-likeness (QED) is 0.465. The molecule has 1 aromatic rings. The van der Waals surface area contributed by atoms with E-state index in [-0.39, 0.29) is 35.6 Å². The monoisotopic (exact) mass is 398 g/mol. The minimum Gasteiger partial charge on any atom is -0.375 e. The van der Waals surface area contributed by atoms with E-state index in [9.17, 15) is 0 Å². The SMILES string of the molecule is COC(C)c1nc(CN=C(N)NC(C)(C)C)cs1.I. The Morgan fingerprint density at radius 2 is 2.21 bits per heavy atom. The number of halogens is 1. The van der Waals surface area contributed by atoms with Gasteiger partial charge in [0.05, 0.1) is 12.2 Å². The molecule has 0 radical (unpaired) electrons. The van der Waals surface area contributed by atoms with Gasteiger partial charge in [-0.2, -0.15) is 0 Å². The molecular formula is C12H23IN4OS. The van der Waals surface area contributed by atoms with E-state index in [0.29, 0.717) is 12.5 Å². The first kappa shape index (κ1) is 18.6. The highest BCUT2D eigenvalue weighted by Crippen LogP contribution is 2.20. The van der Waals surface area contributed by atoms with Crippen molar-refractivity contribution in [1.29, 1.82) is 0 Å². The van der Waals surface area contributed by atoms with Crippen molar-refractivity contribution in [1.82, 2.24) is 10.3 Å². The molecule has 1 rings (SSSR count). The molecule has 1 atom stereocenters. The Hall–Kier alpha value is -0.410. The minimum atomic E-state index is -0.0780. The van der Waals surface area contributed by atoms with E-state index in [1.807, 2.05) is 33.1 Å². The number of thiazole rings is 1. The van der Waals surface area contributed by atoms with Crippen molar-refractivity contribution in [3.05, 3.63) is 16.1 Å². The van der Waals surface area contributed by atoms with Crippen LogP contribution in [-0.2, 0) is 11.3 Å². The lowest BCUT2D eigenvalue weighted by molar-refractivity contribution is 0.119. The molecule has 5 nitrogen and oxygen atoms in total. The zero-order valence-electron chi connectivity index (χ0n) is 12.1. The second kappa shape index (κ2) is 8.01. The summed E-state index contributed by atoms with van der Waals surface area (Å²) in [6.45, 7) is 8.58. The van der Waals surface area contributed by atoms with Gasteiger partial charge >= 0.3 is 0 Å². The molecule has 0 aliphatic rings. The van der Waals surface area contributed by atoms with Crippen LogP contribution in [0.2, 0.25) is 0 Å². The van der Waals surface area contributed by atoms with Gasteiger partial charge < -0.3 is 15.8 Å². The third kappa shape index (κ3) is 7.07. The molecular weight excluding hydrogens is 375 g/mol. The molecule has 3 N–H and O–H groups in total. The van der Waals surface area contributed by atoms with Crippen LogP contribution in [0.15, 0.2) is 10.4 Å². The molecule has 7 heteroatoms. The zero-order chi connectivity index (χ0) is 13.8. The van der Waals surface area contributed by atoms with Gasteiger partial charge in [0.1, 0.15) is 11.1 Å². The van der Waals surface area contributed by atoms with Crippen LogP contribution in [0.4, 0.5) is 0 Å². The normalized spacial score (nSPS) is 13.8. The molecule has 1 heterocycles. The topological polar surface area (TPSA) is 72.5 Å². The van der Waals surface area contributed by atoms with Crippen molar-refractivity contribution in [2.45, 2.75) is 45.9 Å². The molecule has 1 aromatic heterocycles. The van der Waals surface area contributed by atoms with Crippen LogP contribution >= 0.6 is 35.3 Å². The number of guanidine groups is 1. The molecule has 0 saturated heterocycles. The first-order valence-electron chi connectivity index (χ1n) is 5.87. The Morgan fingerprint density at radius 1 is 1.58 bits per heavy atom. The summed E-state index contributed by atoms with van der Waals surface area (Å²) in [4.78, 5) is 8.72. The number of nitrogens with zero attached hydrogens (tertiary/aromatic N) is 2. The Morgan fingerprint density at radius 3 is 2.74 bits per heavy atom. The van der Waals surface area contributed by atoms with Crippen molar-refractivity contribution < 1.29 is 4.74 Å². The van der Waals surface area contributed by atoms with E-state index in [1.54, 1.807) is 18.4 Å². The first-order chi connectivity index (χ1) is 8.31. The predicted octanol–water partition coefficient (Wildman–Crippen LogP) is 2.67. The second-order valence-electron chi connectivity index (χ2n) is 5.13. The van der Waals surface area contributed by atoms with Gasteiger partial charge in [-0.3, -0.25) is 0 Å². The number of nitrogens with two attached hydrogens (primary N) is 1. The van der Waals surface area contributed by atoms with Gasteiger partial charge in [0.25, 0.3) is 0 Å². The molecule has 0 spiro atoms. The fourth-order valence-corrected chi connectivity index (χ4v) is 2.11. The highest BCUT2D eigenvalue weighted by Gasteiger charge is 2.11. The van der Waals surface area contributed by atoms with Gasteiger partial charge in [-0.25, -0.2) is 9.98 Å². The van der Waals surface area contributed by atoms with Crippen LogP contribution in [0.3, 0.4) is 0 Å². The number of aliphatic imine (C=N–C) groups is 1. The van der Waals surface area contributed by atoms with Gasteiger partial charge in [0.2, 0.25) is 0 Å². The van der Waals surface area contributed by atoms with Crippen LogP contribution in [-0.4, -0.2) is 23.6 Å². The molecule has 0 aliphatic heterocycles. The maximum Gasteiger partial charge on any atom is 0.189 e. The predicted molar refractivity (Wildman–Crippen MR) is 91.2 cm³/mol. The third-order valence-electron chi connectivity index (χ3n) is 2.19. The standard InChI is InChI=1S/C12H22N4OS.HI/c1-8(17-5)10-15-9(7-18-10)6-14-11(13)16-12(2,3)4;/h7-8H,6H2,1-5H3,(H3,13,14,16);1H. The first-order valence-corrected chi connectivity index (χ1v) is 6.75. The highest BCUT2D eigenvalue weighted by atomic mass is 127. The lowest BCUT2D eigenvalue weighted by Crippen LogP contribution is -2.44. The number of ether oxygens (including phenoxy) is 1. The van der Waals surface area contributed by atoms with Gasteiger partial charge in [0.15, 0.2) is 5.96 Å². The molecule has 19 heavy (non-hydrogen) atoms. The van der Waals surface area contributed by atoms with E-state index in [2.05, 4.69) is 15.3 Å². The van der Waals surface area contributed by atoms with Gasteiger partial charge in [-0.15, -0.1) is 35.3 Å². The number of nitrogens with one attached hydrogen (secondary N) is 1. The van der Waals surface area contributed by atoms with Crippen molar-refractivity contribution in [2.24, 2.45) is 10.7 Å². The van der Waals surface area contributed by atoms with Crippen LogP contribution in [0, 0.1) is 0 Å². The summed E-state index contributed by atoms with van der Waals surface area (Å²) in [6.07, 6.45) is 0.0257. The van der Waals surface area contributed by atoms with E-state index in [0.717, 1.165) is 10.7 Å².